The lowest BCUT2D eigenvalue weighted by Gasteiger charge is -1.86. The highest BCUT2D eigenvalue weighted by Gasteiger charge is 1.81. The summed E-state index contributed by atoms with van der Waals surface area (Å²) in [5.74, 6) is 0. The fraction of sp³-hybridized carbons (Fsp3) is 0.250. The van der Waals surface area contributed by atoms with Crippen molar-refractivity contribution in [1.82, 2.24) is 0 Å². The SMILES string of the molecule is CC=C(Cl)OC=O. The highest BCUT2D eigenvalue weighted by Crippen LogP contribution is 1.98. The number of hydrogen-bond donors (Lipinski definition) is 0. The third-order valence-corrected chi connectivity index (χ3v) is 0.695. The van der Waals surface area contributed by atoms with Gasteiger partial charge in [-0.05, 0) is 24.6 Å². The molecule has 3 heteroatoms. The van der Waals surface area contributed by atoms with Crippen LogP contribution in [0.1, 0.15) is 6.92 Å². The Morgan fingerprint density at radius 3 is 2.57 bits per heavy atom. The van der Waals surface area contributed by atoms with Gasteiger partial charge in [0.2, 0.25) is 0 Å². The lowest BCUT2D eigenvalue weighted by atomic mass is 10.7. The van der Waals surface area contributed by atoms with Crippen molar-refractivity contribution in [2.24, 2.45) is 0 Å². The highest BCUT2D eigenvalue weighted by atomic mass is 35.5. The van der Waals surface area contributed by atoms with Gasteiger partial charge in [-0.2, -0.15) is 0 Å². The molecule has 0 N–H and O–H groups in total. The van der Waals surface area contributed by atoms with Crippen LogP contribution in [0.5, 0.6) is 0 Å². The Hall–Kier alpha value is -0.500. The van der Waals surface area contributed by atoms with E-state index in [9.17, 15) is 4.79 Å². The number of carbonyl (C=O) groups is 1. The zero-order chi connectivity index (χ0) is 5.70. The molecule has 0 atom stereocenters. The van der Waals surface area contributed by atoms with Gasteiger partial charge in [0.25, 0.3) is 6.47 Å². The first-order valence-corrected chi connectivity index (χ1v) is 2.11. The molecule has 0 aromatic rings. The Morgan fingerprint density at radius 1 is 1.86 bits per heavy atom. The average molecular weight is 121 g/mol. The summed E-state index contributed by atoms with van der Waals surface area (Å²) in [7, 11) is 0. The predicted octanol–water partition coefficient (Wildman–Crippen LogP) is 1.26. The number of hydrogen-bond acceptors (Lipinski definition) is 2. The number of allylic oxidation sites excluding steroid dienone is 1. The summed E-state index contributed by atoms with van der Waals surface area (Å²) in [6.07, 6.45) is 1.48. The molecule has 0 aliphatic rings. The summed E-state index contributed by atoms with van der Waals surface area (Å²) in [5, 5.41) is 0.106. The largest absolute Gasteiger partial charge is 0.417 e. The second kappa shape index (κ2) is 3.68. The van der Waals surface area contributed by atoms with Gasteiger partial charge in [-0.25, -0.2) is 0 Å². The Balaban J connectivity index is 3.36. The van der Waals surface area contributed by atoms with E-state index in [0.29, 0.717) is 0 Å². The minimum absolute atomic E-state index is 0.106. The maximum Gasteiger partial charge on any atom is 0.299 e. The van der Waals surface area contributed by atoms with E-state index >= 15 is 0 Å². The number of carbonyl (C=O) groups excluding carboxylic acids is 1. The third-order valence-electron chi connectivity index (χ3n) is 0.388. The summed E-state index contributed by atoms with van der Waals surface area (Å²) in [6, 6.07) is 0. The topological polar surface area (TPSA) is 26.3 Å². The van der Waals surface area contributed by atoms with E-state index in [0.717, 1.165) is 0 Å². The fourth-order valence-electron chi connectivity index (χ4n) is 0.114. The van der Waals surface area contributed by atoms with Crippen LogP contribution in [0.15, 0.2) is 11.3 Å². The van der Waals surface area contributed by atoms with Crippen LogP contribution in [0, 0.1) is 0 Å². The molecular formula is C4H5ClO2. The molecule has 0 amide bonds. The van der Waals surface area contributed by atoms with Crippen molar-refractivity contribution in [3.8, 4) is 0 Å². The predicted molar refractivity (Wildman–Crippen MR) is 26.8 cm³/mol. The third kappa shape index (κ3) is 3.33. The summed E-state index contributed by atoms with van der Waals surface area (Å²) in [6.45, 7) is 1.95. The summed E-state index contributed by atoms with van der Waals surface area (Å²) < 4.78 is 4.14. The van der Waals surface area contributed by atoms with Crippen LogP contribution < -0.4 is 0 Å². The molecule has 2 nitrogen and oxygen atoms in total. The first-order chi connectivity index (χ1) is 3.31. The Kier molecular flexibility index (Phi) is 3.42. The fourth-order valence-corrected chi connectivity index (χ4v) is 0.150. The minimum Gasteiger partial charge on any atom is -0.417 e. The minimum atomic E-state index is 0.106. The lowest BCUT2D eigenvalue weighted by Crippen LogP contribution is -1.77. The molecule has 0 saturated heterocycles. The van der Waals surface area contributed by atoms with Crippen LogP contribution in [-0.2, 0) is 9.53 Å². The van der Waals surface area contributed by atoms with E-state index in [1.165, 1.54) is 6.08 Å². The van der Waals surface area contributed by atoms with Gasteiger partial charge >= 0.3 is 0 Å². The molecule has 0 aliphatic carbocycles. The van der Waals surface area contributed by atoms with E-state index in [-0.39, 0.29) is 11.7 Å². The lowest BCUT2D eigenvalue weighted by molar-refractivity contribution is -0.124. The van der Waals surface area contributed by atoms with E-state index < -0.39 is 0 Å². The highest BCUT2D eigenvalue weighted by molar-refractivity contribution is 6.28. The molecule has 0 heterocycles. The molecular weight excluding hydrogens is 115 g/mol. The molecule has 0 unspecified atom stereocenters. The maximum atomic E-state index is 9.43. The van der Waals surface area contributed by atoms with Crippen molar-refractivity contribution >= 4 is 18.1 Å². The van der Waals surface area contributed by atoms with Crippen molar-refractivity contribution in [1.29, 1.82) is 0 Å². The Bertz CT molecular complexity index is 87.7. The molecule has 0 fully saturated rings. The van der Waals surface area contributed by atoms with Gasteiger partial charge in [-0.15, -0.1) is 0 Å². The van der Waals surface area contributed by atoms with Crippen LogP contribution in [0.4, 0.5) is 0 Å². The van der Waals surface area contributed by atoms with Crippen LogP contribution in [0.3, 0.4) is 0 Å². The summed E-state index contributed by atoms with van der Waals surface area (Å²) in [5.41, 5.74) is 0. The quantitative estimate of drug-likeness (QED) is 0.405. The van der Waals surface area contributed by atoms with Crippen molar-refractivity contribution in [2.45, 2.75) is 6.92 Å². The van der Waals surface area contributed by atoms with Gasteiger partial charge in [-0.1, -0.05) is 0 Å². The van der Waals surface area contributed by atoms with Crippen LogP contribution in [0.25, 0.3) is 0 Å². The second-order valence-electron chi connectivity index (χ2n) is 0.807. The molecule has 0 bridgehead atoms. The van der Waals surface area contributed by atoms with Crippen molar-refractivity contribution < 1.29 is 9.53 Å². The van der Waals surface area contributed by atoms with E-state index in [1.54, 1.807) is 6.92 Å². The molecule has 0 rings (SSSR count). The molecule has 0 aromatic carbocycles. The molecule has 0 aliphatic heterocycles. The van der Waals surface area contributed by atoms with Crippen LogP contribution in [0.2, 0.25) is 0 Å². The van der Waals surface area contributed by atoms with E-state index in [2.05, 4.69) is 4.74 Å². The number of rotatable bonds is 2. The summed E-state index contributed by atoms with van der Waals surface area (Å²) >= 11 is 5.17. The zero-order valence-electron chi connectivity index (χ0n) is 3.85. The van der Waals surface area contributed by atoms with Crippen molar-refractivity contribution in [3.63, 3.8) is 0 Å². The normalized spacial score (nSPS) is 10.9. The molecule has 0 spiro atoms. The van der Waals surface area contributed by atoms with Crippen LogP contribution in [-0.4, -0.2) is 6.47 Å². The van der Waals surface area contributed by atoms with E-state index in [4.69, 9.17) is 11.6 Å². The van der Waals surface area contributed by atoms with Gasteiger partial charge < -0.3 is 4.74 Å². The van der Waals surface area contributed by atoms with Gasteiger partial charge in [0.05, 0.1) is 0 Å². The van der Waals surface area contributed by atoms with E-state index in [1.807, 2.05) is 0 Å². The van der Waals surface area contributed by atoms with Crippen molar-refractivity contribution in [2.75, 3.05) is 0 Å². The smallest absolute Gasteiger partial charge is 0.299 e. The molecule has 0 saturated carbocycles. The van der Waals surface area contributed by atoms with Gasteiger partial charge in [-0.3, -0.25) is 4.79 Å². The standard InChI is InChI=1S/C4H5ClO2/c1-2-4(5)7-3-6/h2-3H,1H3. The van der Waals surface area contributed by atoms with Gasteiger partial charge in [0.1, 0.15) is 0 Å². The average Bonchev–Trinajstić information content (AvgIpc) is 1.68. The summed E-state index contributed by atoms with van der Waals surface area (Å²) in [4.78, 5) is 9.43. The van der Waals surface area contributed by atoms with Crippen LogP contribution >= 0.6 is 11.6 Å². The first-order valence-electron chi connectivity index (χ1n) is 1.73. The Morgan fingerprint density at radius 2 is 2.43 bits per heavy atom. The second-order valence-corrected chi connectivity index (χ2v) is 1.18. The van der Waals surface area contributed by atoms with Crippen molar-refractivity contribution in [3.05, 3.63) is 11.3 Å². The Labute approximate surface area is 46.7 Å². The monoisotopic (exact) mass is 120 g/mol. The number of halogens is 1. The maximum absolute atomic E-state index is 9.43. The van der Waals surface area contributed by atoms with Gasteiger partial charge in [0.15, 0.2) is 5.22 Å². The molecule has 0 aromatic heterocycles. The first kappa shape index (κ1) is 6.50. The molecule has 40 valence electrons. The zero-order valence-corrected chi connectivity index (χ0v) is 4.61. The molecule has 7 heavy (non-hydrogen) atoms. The van der Waals surface area contributed by atoms with Gasteiger partial charge in [0, 0.05) is 0 Å². The number of ether oxygens (including phenoxy) is 1. The molecule has 0 radical (unpaired) electrons.